The molecule has 10 rings (SSSR count). The summed E-state index contributed by atoms with van der Waals surface area (Å²) in [6.07, 6.45) is 1.04. The summed E-state index contributed by atoms with van der Waals surface area (Å²) in [5, 5.41) is 0. The SMILES string of the molecule is Cc1cc2c3c(c1)N1c4ccccc4C(c4ccccc4)(c4ccccc4)c4cccc(c41)B3CC(c1ccccc1)C(C)c1ccccc1-2. The number of rotatable bonds is 3. The molecule has 7 aromatic rings. The summed E-state index contributed by atoms with van der Waals surface area (Å²) >= 11 is 0. The van der Waals surface area contributed by atoms with Gasteiger partial charge in [-0.05, 0) is 86.4 Å². The van der Waals surface area contributed by atoms with E-state index in [2.05, 4.69) is 189 Å². The van der Waals surface area contributed by atoms with Crippen LogP contribution in [0.4, 0.5) is 17.1 Å². The zero-order valence-corrected chi connectivity index (χ0v) is 28.6. The summed E-state index contributed by atoms with van der Waals surface area (Å²) in [5.41, 5.74) is 18.5. The van der Waals surface area contributed by atoms with Crippen LogP contribution < -0.4 is 15.8 Å². The lowest BCUT2D eigenvalue weighted by Gasteiger charge is -2.50. The Hall–Kier alpha value is -5.60. The minimum Gasteiger partial charge on any atom is -0.311 e. The fourth-order valence-electron chi connectivity index (χ4n) is 9.95. The smallest absolute Gasteiger partial charge is 0.216 e. The van der Waals surface area contributed by atoms with Crippen molar-refractivity contribution in [3.05, 3.63) is 209 Å². The first-order chi connectivity index (χ1) is 24.7. The van der Waals surface area contributed by atoms with Gasteiger partial charge in [0, 0.05) is 11.4 Å². The first-order valence-corrected chi connectivity index (χ1v) is 18.1. The van der Waals surface area contributed by atoms with Crippen molar-refractivity contribution in [1.29, 1.82) is 0 Å². The van der Waals surface area contributed by atoms with Crippen LogP contribution in [0.25, 0.3) is 11.1 Å². The first-order valence-electron chi connectivity index (χ1n) is 18.1. The number of fused-ring (bicyclic) bond motifs is 6. The molecule has 0 fully saturated rings. The van der Waals surface area contributed by atoms with E-state index in [1.165, 1.54) is 78.1 Å². The third-order valence-electron chi connectivity index (χ3n) is 12.0. The van der Waals surface area contributed by atoms with E-state index in [0.29, 0.717) is 11.8 Å². The lowest BCUT2D eigenvalue weighted by atomic mass is 9.32. The maximum absolute atomic E-state index is 2.64. The Balaban J connectivity index is 1.35. The zero-order chi connectivity index (χ0) is 33.4. The topological polar surface area (TPSA) is 3.24 Å². The van der Waals surface area contributed by atoms with Gasteiger partial charge in [-0.25, -0.2) is 0 Å². The number of hydrogen-bond acceptors (Lipinski definition) is 1. The van der Waals surface area contributed by atoms with Gasteiger partial charge in [0.1, 0.15) is 0 Å². The Bertz CT molecular complexity index is 2360. The van der Waals surface area contributed by atoms with Gasteiger partial charge in [0.05, 0.1) is 11.1 Å². The normalized spacial score (nSPS) is 17.8. The third kappa shape index (κ3) is 4.02. The monoisotopic (exact) mass is 639 g/mol. The van der Waals surface area contributed by atoms with Gasteiger partial charge < -0.3 is 4.90 Å². The van der Waals surface area contributed by atoms with E-state index < -0.39 is 5.41 Å². The Morgan fingerprint density at radius 3 is 1.94 bits per heavy atom. The van der Waals surface area contributed by atoms with Gasteiger partial charge in [-0.1, -0.05) is 176 Å². The standard InChI is InChI=1S/C48H38BN/c1-32-29-39-38-24-13-12-23-37(38)33(2)40(34-17-6-3-7-18-34)31-49-43-27-16-26-42-47(43)50(45(30-32)46(39)49)44-28-15-14-25-41(44)48(42,35-19-8-4-9-20-35)36-21-10-5-11-22-36/h3-30,33,40H,31H2,1-2H3. The molecule has 3 aliphatic rings. The molecule has 0 saturated carbocycles. The number of para-hydroxylation sites is 2. The van der Waals surface area contributed by atoms with Crippen molar-refractivity contribution in [1.82, 2.24) is 0 Å². The summed E-state index contributed by atoms with van der Waals surface area (Å²) in [7, 11) is 0. The molecule has 0 aliphatic carbocycles. The summed E-state index contributed by atoms with van der Waals surface area (Å²) in [4.78, 5) is 2.64. The first kappa shape index (κ1) is 29.3. The highest BCUT2D eigenvalue weighted by atomic mass is 15.2. The molecule has 7 aromatic carbocycles. The Morgan fingerprint density at radius 2 is 1.20 bits per heavy atom. The van der Waals surface area contributed by atoms with Crippen molar-refractivity contribution < 1.29 is 0 Å². The number of hydrogen-bond donors (Lipinski definition) is 0. The van der Waals surface area contributed by atoms with E-state index in [1.807, 2.05) is 0 Å². The highest BCUT2D eigenvalue weighted by molar-refractivity contribution is 6.89. The maximum Gasteiger partial charge on any atom is 0.216 e. The van der Waals surface area contributed by atoms with Gasteiger partial charge in [-0.2, -0.15) is 0 Å². The quantitative estimate of drug-likeness (QED) is 0.174. The Kier molecular flexibility index (Phi) is 6.58. The average molecular weight is 640 g/mol. The number of benzene rings is 7. The molecular weight excluding hydrogens is 601 g/mol. The zero-order valence-electron chi connectivity index (χ0n) is 28.6. The molecular formula is C48H38BN. The van der Waals surface area contributed by atoms with Crippen LogP contribution in [0.1, 0.15) is 57.7 Å². The summed E-state index contributed by atoms with van der Waals surface area (Å²) in [6, 6.07) is 64.2. The van der Waals surface area contributed by atoms with Gasteiger partial charge in [0.25, 0.3) is 0 Å². The van der Waals surface area contributed by atoms with E-state index in [1.54, 1.807) is 0 Å². The predicted octanol–water partition coefficient (Wildman–Crippen LogP) is 10.7. The molecule has 0 spiro atoms. The molecule has 2 atom stereocenters. The molecule has 0 N–H and O–H groups in total. The number of aryl methyl sites for hydroxylation is 1. The van der Waals surface area contributed by atoms with Crippen LogP contribution in [-0.4, -0.2) is 6.71 Å². The van der Waals surface area contributed by atoms with Crippen LogP contribution in [0.3, 0.4) is 0 Å². The highest BCUT2D eigenvalue weighted by Crippen LogP contribution is 2.59. The molecule has 0 aromatic heterocycles. The van der Waals surface area contributed by atoms with Crippen LogP contribution in [0.2, 0.25) is 6.32 Å². The molecule has 2 heteroatoms. The van der Waals surface area contributed by atoms with Crippen molar-refractivity contribution in [3.8, 4) is 11.1 Å². The fourth-order valence-corrected chi connectivity index (χ4v) is 9.95. The second-order valence-electron chi connectivity index (χ2n) is 14.5. The summed E-state index contributed by atoms with van der Waals surface area (Å²) < 4.78 is 0. The van der Waals surface area contributed by atoms with E-state index in [4.69, 9.17) is 0 Å². The largest absolute Gasteiger partial charge is 0.311 e. The Morgan fingerprint density at radius 1 is 0.580 bits per heavy atom. The lowest BCUT2D eigenvalue weighted by Crippen LogP contribution is -2.55. The van der Waals surface area contributed by atoms with Gasteiger partial charge in [-0.3, -0.25) is 0 Å². The lowest BCUT2D eigenvalue weighted by molar-refractivity contribution is 0.620. The molecule has 0 radical (unpaired) electrons. The van der Waals surface area contributed by atoms with Crippen molar-refractivity contribution in [2.45, 2.75) is 37.4 Å². The molecule has 0 amide bonds. The second-order valence-corrected chi connectivity index (χ2v) is 14.5. The molecule has 2 unspecified atom stereocenters. The minimum absolute atomic E-state index is 0.224. The Labute approximate surface area is 296 Å². The third-order valence-corrected chi connectivity index (χ3v) is 12.0. The van der Waals surface area contributed by atoms with Crippen LogP contribution in [0.5, 0.6) is 0 Å². The van der Waals surface area contributed by atoms with E-state index in [-0.39, 0.29) is 6.71 Å². The van der Waals surface area contributed by atoms with Crippen molar-refractivity contribution in [2.75, 3.05) is 4.90 Å². The van der Waals surface area contributed by atoms with E-state index in [0.717, 1.165) is 6.32 Å². The van der Waals surface area contributed by atoms with Crippen LogP contribution in [0, 0.1) is 6.92 Å². The van der Waals surface area contributed by atoms with Gasteiger partial charge in [0.15, 0.2) is 0 Å². The summed E-state index contributed by atoms with van der Waals surface area (Å²) in [6.45, 7) is 4.96. The maximum atomic E-state index is 2.64. The fraction of sp³-hybridized carbons (Fsp3) is 0.125. The molecule has 3 aliphatic heterocycles. The van der Waals surface area contributed by atoms with Crippen LogP contribution in [0.15, 0.2) is 170 Å². The van der Waals surface area contributed by atoms with Crippen molar-refractivity contribution in [2.24, 2.45) is 0 Å². The average Bonchev–Trinajstić information content (AvgIpc) is 3.17. The molecule has 1 nitrogen and oxygen atoms in total. The minimum atomic E-state index is -0.481. The van der Waals surface area contributed by atoms with E-state index >= 15 is 0 Å². The summed E-state index contributed by atoms with van der Waals surface area (Å²) in [5.74, 6) is 0.715. The van der Waals surface area contributed by atoms with Crippen LogP contribution >= 0.6 is 0 Å². The second kappa shape index (κ2) is 11.2. The number of nitrogens with zero attached hydrogens (tertiary/aromatic N) is 1. The highest BCUT2D eigenvalue weighted by Gasteiger charge is 2.51. The molecule has 0 saturated heterocycles. The molecule has 0 bridgehead atoms. The van der Waals surface area contributed by atoms with E-state index in [9.17, 15) is 0 Å². The van der Waals surface area contributed by atoms with Gasteiger partial charge in [-0.15, -0.1) is 0 Å². The van der Waals surface area contributed by atoms with Crippen LogP contribution in [-0.2, 0) is 5.41 Å². The van der Waals surface area contributed by atoms with Gasteiger partial charge >= 0.3 is 0 Å². The number of anilines is 3. The molecule has 50 heavy (non-hydrogen) atoms. The van der Waals surface area contributed by atoms with Crippen molar-refractivity contribution >= 4 is 34.7 Å². The molecule has 3 heterocycles. The van der Waals surface area contributed by atoms with Gasteiger partial charge in [0.2, 0.25) is 6.71 Å². The predicted molar refractivity (Wildman–Crippen MR) is 211 cm³/mol. The van der Waals surface area contributed by atoms with Crippen molar-refractivity contribution in [3.63, 3.8) is 0 Å². The molecule has 238 valence electrons.